The van der Waals surface area contributed by atoms with Crippen LogP contribution in [0.1, 0.15) is 38.3 Å². The number of carbonyl (C=O) groups is 2. The van der Waals surface area contributed by atoms with Crippen molar-refractivity contribution in [1.82, 2.24) is 10.2 Å². The number of halogens is 1. The third-order valence-electron chi connectivity index (χ3n) is 5.05. The summed E-state index contributed by atoms with van der Waals surface area (Å²) >= 11 is 5.99. The molecular weight excluding hydrogens is 462 g/mol. The number of nitrogens with zero attached hydrogens (tertiary/aromatic N) is 2. The molecule has 0 fully saturated rings. The summed E-state index contributed by atoms with van der Waals surface area (Å²) in [4.78, 5) is 27.9. The Balaban J connectivity index is 2.43. The summed E-state index contributed by atoms with van der Waals surface area (Å²) < 4.78 is 26.2. The van der Waals surface area contributed by atoms with E-state index in [2.05, 4.69) is 5.32 Å². The van der Waals surface area contributed by atoms with Crippen LogP contribution < -0.4 is 9.62 Å². The molecular formula is C24H32ClN3O4S. The molecule has 2 aromatic rings. The number of amides is 2. The highest BCUT2D eigenvalue weighted by Gasteiger charge is 2.31. The minimum absolute atomic E-state index is 0.0983. The summed E-state index contributed by atoms with van der Waals surface area (Å²) in [6.07, 6.45) is 1.44. The average molecular weight is 494 g/mol. The Kier molecular flexibility index (Phi) is 9.31. The number of anilines is 1. The summed E-state index contributed by atoms with van der Waals surface area (Å²) in [5, 5.41) is 3.42. The second-order valence-corrected chi connectivity index (χ2v) is 10.7. The SMILES string of the molecule is CC[C@@H](C(=O)NC(C)C)N(Cc1ccc(Cl)cc1)C(=O)CN(c1cccc(C)c1)S(C)(=O)=O. The van der Waals surface area contributed by atoms with Gasteiger partial charge in [-0.15, -0.1) is 0 Å². The van der Waals surface area contributed by atoms with Crippen molar-refractivity contribution in [2.24, 2.45) is 0 Å². The molecule has 2 aromatic carbocycles. The van der Waals surface area contributed by atoms with Crippen molar-refractivity contribution in [2.75, 3.05) is 17.1 Å². The first-order valence-electron chi connectivity index (χ1n) is 10.8. The Morgan fingerprint density at radius 1 is 1.09 bits per heavy atom. The highest BCUT2D eigenvalue weighted by Crippen LogP contribution is 2.21. The molecule has 0 aliphatic heterocycles. The van der Waals surface area contributed by atoms with Crippen LogP contribution in [0.2, 0.25) is 5.02 Å². The maximum absolute atomic E-state index is 13.5. The largest absolute Gasteiger partial charge is 0.352 e. The Morgan fingerprint density at radius 3 is 2.24 bits per heavy atom. The van der Waals surface area contributed by atoms with E-state index in [0.29, 0.717) is 17.1 Å². The van der Waals surface area contributed by atoms with Gasteiger partial charge in [-0.2, -0.15) is 0 Å². The molecule has 33 heavy (non-hydrogen) atoms. The maximum Gasteiger partial charge on any atom is 0.244 e. The van der Waals surface area contributed by atoms with Gasteiger partial charge in [0.25, 0.3) is 0 Å². The number of benzene rings is 2. The molecule has 2 rings (SSSR count). The number of hydrogen-bond donors (Lipinski definition) is 1. The lowest BCUT2D eigenvalue weighted by Crippen LogP contribution is -2.53. The van der Waals surface area contributed by atoms with Crippen molar-refractivity contribution in [2.45, 2.75) is 52.7 Å². The van der Waals surface area contributed by atoms with E-state index in [1.165, 1.54) is 4.90 Å². The van der Waals surface area contributed by atoms with Crippen LogP contribution >= 0.6 is 11.6 Å². The predicted molar refractivity (Wildman–Crippen MR) is 133 cm³/mol. The first kappa shape index (κ1) is 26.7. The Bertz CT molecular complexity index is 1070. The zero-order chi connectivity index (χ0) is 24.8. The number of aryl methyl sites for hydroxylation is 1. The van der Waals surface area contributed by atoms with Gasteiger partial charge in [0, 0.05) is 17.6 Å². The van der Waals surface area contributed by atoms with E-state index in [9.17, 15) is 18.0 Å². The first-order chi connectivity index (χ1) is 15.4. The molecule has 0 aliphatic rings. The molecule has 0 unspecified atom stereocenters. The average Bonchev–Trinajstić information content (AvgIpc) is 2.71. The van der Waals surface area contributed by atoms with Crippen LogP contribution in [0.25, 0.3) is 0 Å². The second-order valence-electron chi connectivity index (χ2n) is 8.34. The fourth-order valence-corrected chi connectivity index (χ4v) is 4.45. The number of carbonyl (C=O) groups excluding carboxylic acids is 2. The number of nitrogens with one attached hydrogen (secondary N) is 1. The van der Waals surface area contributed by atoms with Crippen LogP contribution in [-0.2, 0) is 26.2 Å². The van der Waals surface area contributed by atoms with Crippen LogP contribution in [-0.4, -0.2) is 50.0 Å². The van der Waals surface area contributed by atoms with Gasteiger partial charge in [-0.1, -0.05) is 42.8 Å². The molecule has 0 heterocycles. The van der Waals surface area contributed by atoms with Gasteiger partial charge in [0.15, 0.2) is 0 Å². The predicted octanol–water partition coefficient (Wildman–Crippen LogP) is 3.75. The van der Waals surface area contributed by atoms with Crippen molar-refractivity contribution in [1.29, 1.82) is 0 Å². The normalized spacial score (nSPS) is 12.3. The van der Waals surface area contributed by atoms with Crippen molar-refractivity contribution in [3.63, 3.8) is 0 Å². The summed E-state index contributed by atoms with van der Waals surface area (Å²) in [7, 11) is -3.75. The second kappa shape index (κ2) is 11.5. The monoisotopic (exact) mass is 493 g/mol. The third kappa shape index (κ3) is 7.75. The number of rotatable bonds is 10. The van der Waals surface area contributed by atoms with E-state index in [1.807, 2.05) is 33.8 Å². The quantitative estimate of drug-likeness (QED) is 0.546. The number of hydrogen-bond acceptors (Lipinski definition) is 4. The van der Waals surface area contributed by atoms with Gasteiger partial charge in [0.2, 0.25) is 21.8 Å². The van der Waals surface area contributed by atoms with Crippen LogP contribution in [0.4, 0.5) is 5.69 Å². The third-order valence-corrected chi connectivity index (χ3v) is 6.44. The lowest BCUT2D eigenvalue weighted by molar-refractivity contribution is -0.140. The van der Waals surface area contributed by atoms with E-state index in [-0.39, 0.29) is 18.5 Å². The topological polar surface area (TPSA) is 86.8 Å². The maximum atomic E-state index is 13.5. The van der Waals surface area contributed by atoms with Gasteiger partial charge in [-0.3, -0.25) is 13.9 Å². The molecule has 0 aromatic heterocycles. The first-order valence-corrected chi connectivity index (χ1v) is 13.0. The highest BCUT2D eigenvalue weighted by molar-refractivity contribution is 7.92. The summed E-state index contributed by atoms with van der Waals surface area (Å²) in [6, 6.07) is 13.1. The molecule has 0 radical (unpaired) electrons. The highest BCUT2D eigenvalue weighted by atomic mass is 35.5. The lowest BCUT2D eigenvalue weighted by Gasteiger charge is -2.33. The van der Waals surface area contributed by atoms with E-state index in [1.54, 1.807) is 42.5 Å². The van der Waals surface area contributed by atoms with Crippen molar-refractivity contribution >= 4 is 39.1 Å². The van der Waals surface area contributed by atoms with E-state index >= 15 is 0 Å². The zero-order valence-corrected chi connectivity index (χ0v) is 21.3. The molecule has 1 atom stereocenters. The van der Waals surface area contributed by atoms with Crippen LogP contribution in [0, 0.1) is 6.92 Å². The molecule has 2 amide bonds. The molecule has 0 saturated carbocycles. The molecule has 0 bridgehead atoms. The van der Waals surface area contributed by atoms with Gasteiger partial charge >= 0.3 is 0 Å². The van der Waals surface area contributed by atoms with Crippen LogP contribution in [0.15, 0.2) is 48.5 Å². The molecule has 180 valence electrons. The molecule has 0 spiro atoms. The molecule has 7 nitrogen and oxygen atoms in total. The zero-order valence-electron chi connectivity index (χ0n) is 19.7. The minimum Gasteiger partial charge on any atom is -0.352 e. The Labute approximate surface area is 201 Å². The van der Waals surface area contributed by atoms with E-state index < -0.39 is 28.5 Å². The minimum atomic E-state index is -3.75. The summed E-state index contributed by atoms with van der Waals surface area (Å²) in [6.45, 7) is 7.09. The summed E-state index contributed by atoms with van der Waals surface area (Å²) in [5.74, 6) is -0.751. The van der Waals surface area contributed by atoms with Crippen LogP contribution in [0.3, 0.4) is 0 Å². The van der Waals surface area contributed by atoms with Gasteiger partial charge < -0.3 is 10.2 Å². The van der Waals surface area contributed by atoms with Crippen molar-refractivity contribution in [3.05, 3.63) is 64.7 Å². The van der Waals surface area contributed by atoms with Gasteiger partial charge in [-0.25, -0.2) is 8.42 Å². The molecule has 1 N–H and O–H groups in total. The fourth-order valence-electron chi connectivity index (χ4n) is 3.48. The Hall–Kier alpha value is -2.58. The van der Waals surface area contributed by atoms with Crippen LogP contribution in [0.5, 0.6) is 0 Å². The van der Waals surface area contributed by atoms with E-state index in [0.717, 1.165) is 21.7 Å². The van der Waals surface area contributed by atoms with Gasteiger partial charge in [0.05, 0.1) is 11.9 Å². The van der Waals surface area contributed by atoms with Gasteiger partial charge in [0.1, 0.15) is 12.6 Å². The molecule has 9 heteroatoms. The Morgan fingerprint density at radius 2 is 1.73 bits per heavy atom. The molecule has 0 saturated heterocycles. The van der Waals surface area contributed by atoms with Gasteiger partial charge in [-0.05, 0) is 62.6 Å². The van der Waals surface area contributed by atoms with Crippen molar-refractivity contribution in [3.8, 4) is 0 Å². The fraction of sp³-hybridized carbons (Fsp3) is 0.417. The van der Waals surface area contributed by atoms with E-state index in [4.69, 9.17) is 11.6 Å². The molecule has 0 aliphatic carbocycles. The number of sulfonamides is 1. The van der Waals surface area contributed by atoms with Crippen molar-refractivity contribution < 1.29 is 18.0 Å². The standard InChI is InChI=1S/C24H32ClN3O4S/c1-6-22(24(30)26-17(2)3)27(15-19-10-12-20(25)13-11-19)23(29)16-28(33(5,31)32)21-9-7-8-18(4)14-21/h7-14,17,22H,6,15-16H2,1-5H3,(H,26,30)/t22-/m0/s1. The smallest absolute Gasteiger partial charge is 0.244 e. The summed E-state index contributed by atoms with van der Waals surface area (Å²) in [5.41, 5.74) is 2.05. The lowest BCUT2D eigenvalue weighted by atomic mass is 10.1.